The molecule has 0 fully saturated rings. The third-order valence-electron chi connectivity index (χ3n) is 3.41. The second-order valence-electron chi connectivity index (χ2n) is 5.03. The normalized spacial score (nSPS) is 10.8. The summed E-state index contributed by atoms with van der Waals surface area (Å²) in [5.74, 6) is -0.0684. The largest absolute Gasteiger partial charge is 0.356 e. The molecule has 0 saturated carbocycles. The first-order chi connectivity index (χ1) is 10.7. The molecule has 2 aromatic carbocycles. The van der Waals surface area contributed by atoms with Crippen molar-refractivity contribution >= 4 is 28.5 Å². The smallest absolute Gasteiger partial charge is 0.226 e. The highest BCUT2D eigenvalue weighted by Gasteiger charge is 2.11. The van der Waals surface area contributed by atoms with Gasteiger partial charge in [-0.3, -0.25) is 4.79 Å². The lowest BCUT2D eigenvalue weighted by Crippen LogP contribution is -2.27. The fourth-order valence-corrected chi connectivity index (χ4v) is 2.53. The number of carbonyl (C=O) groups is 1. The third-order valence-corrected chi connectivity index (χ3v) is 3.64. The van der Waals surface area contributed by atoms with Gasteiger partial charge >= 0.3 is 0 Å². The molecule has 5 heteroatoms. The van der Waals surface area contributed by atoms with Gasteiger partial charge in [-0.1, -0.05) is 41.0 Å². The van der Waals surface area contributed by atoms with E-state index in [1.165, 1.54) is 0 Å². The molecule has 0 aliphatic heterocycles. The van der Waals surface area contributed by atoms with Gasteiger partial charge in [0.15, 0.2) is 5.58 Å². The van der Waals surface area contributed by atoms with Crippen LogP contribution in [0.2, 0.25) is 5.02 Å². The average Bonchev–Trinajstić information content (AvgIpc) is 2.91. The Morgan fingerprint density at radius 1 is 1.18 bits per heavy atom. The van der Waals surface area contributed by atoms with E-state index in [1.54, 1.807) is 0 Å². The molecule has 0 atom stereocenters. The number of hydrogen-bond donors (Lipinski definition) is 1. The molecule has 4 nitrogen and oxygen atoms in total. The standard InChI is InChI=1S/C17H15ClN2O2/c18-13-5-3-4-12(10-13)8-9-19-17(21)11-15-14-6-1-2-7-16(14)22-20-15/h1-7,10H,8-9,11H2,(H,19,21). The van der Waals surface area contributed by atoms with E-state index in [9.17, 15) is 4.79 Å². The minimum Gasteiger partial charge on any atom is -0.356 e. The molecular weight excluding hydrogens is 300 g/mol. The van der Waals surface area contributed by atoms with Crippen LogP contribution < -0.4 is 5.32 Å². The molecule has 0 spiro atoms. The van der Waals surface area contributed by atoms with E-state index in [1.807, 2.05) is 48.5 Å². The molecule has 22 heavy (non-hydrogen) atoms. The van der Waals surface area contributed by atoms with Gasteiger partial charge in [-0.05, 0) is 36.2 Å². The third kappa shape index (κ3) is 3.46. The summed E-state index contributed by atoms with van der Waals surface area (Å²) in [6.45, 7) is 0.564. The maximum absolute atomic E-state index is 12.0. The number of nitrogens with zero attached hydrogens (tertiary/aromatic N) is 1. The number of para-hydroxylation sites is 1. The number of nitrogens with one attached hydrogen (secondary N) is 1. The number of carbonyl (C=O) groups excluding carboxylic acids is 1. The Hall–Kier alpha value is -2.33. The van der Waals surface area contributed by atoms with E-state index in [4.69, 9.17) is 16.1 Å². The highest BCUT2D eigenvalue weighted by molar-refractivity contribution is 6.30. The first-order valence-corrected chi connectivity index (χ1v) is 7.44. The van der Waals surface area contributed by atoms with Crippen LogP contribution in [0.4, 0.5) is 0 Å². The van der Waals surface area contributed by atoms with Gasteiger partial charge in [0.2, 0.25) is 5.91 Å². The molecule has 0 saturated heterocycles. The highest BCUT2D eigenvalue weighted by atomic mass is 35.5. The first kappa shape index (κ1) is 14.6. The number of amides is 1. The summed E-state index contributed by atoms with van der Waals surface area (Å²) in [5.41, 5.74) is 2.46. The van der Waals surface area contributed by atoms with Crippen LogP contribution in [-0.4, -0.2) is 17.6 Å². The van der Waals surface area contributed by atoms with Gasteiger partial charge < -0.3 is 9.84 Å². The summed E-state index contributed by atoms with van der Waals surface area (Å²) < 4.78 is 5.19. The summed E-state index contributed by atoms with van der Waals surface area (Å²) in [7, 11) is 0. The monoisotopic (exact) mass is 314 g/mol. The van der Waals surface area contributed by atoms with Crippen molar-refractivity contribution in [2.45, 2.75) is 12.8 Å². The molecule has 0 aliphatic rings. The Morgan fingerprint density at radius 2 is 2.05 bits per heavy atom. The summed E-state index contributed by atoms with van der Waals surface area (Å²) >= 11 is 5.93. The molecule has 3 rings (SSSR count). The molecule has 0 aliphatic carbocycles. The van der Waals surface area contributed by atoms with Gasteiger partial charge in [0.25, 0.3) is 0 Å². The Kier molecular flexibility index (Phi) is 4.39. The fraction of sp³-hybridized carbons (Fsp3) is 0.176. The van der Waals surface area contributed by atoms with Crippen LogP contribution >= 0.6 is 11.6 Å². The van der Waals surface area contributed by atoms with Gasteiger partial charge in [-0.25, -0.2) is 0 Å². The molecule has 1 N–H and O–H groups in total. The predicted molar refractivity (Wildman–Crippen MR) is 85.9 cm³/mol. The van der Waals surface area contributed by atoms with Crippen molar-refractivity contribution in [3.63, 3.8) is 0 Å². The van der Waals surface area contributed by atoms with Crippen molar-refractivity contribution < 1.29 is 9.32 Å². The summed E-state index contributed by atoms with van der Waals surface area (Å²) in [6, 6.07) is 15.1. The van der Waals surface area contributed by atoms with Crippen LogP contribution in [0.1, 0.15) is 11.3 Å². The fourth-order valence-electron chi connectivity index (χ4n) is 2.32. The van der Waals surface area contributed by atoms with Crippen molar-refractivity contribution in [1.29, 1.82) is 0 Å². The first-order valence-electron chi connectivity index (χ1n) is 7.07. The van der Waals surface area contributed by atoms with Gasteiger partial charge in [-0.2, -0.15) is 0 Å². The lowest BCUT2D eigenvalue weighted by Gasteiger charge is -2.04. The lowest BCUT2D eigenvalue weighted by molar-refractivity contribution is -0.120. The summed E-state index contributed by atoms with van der Waals surface area (Å²) in [4.78, 5) is 12.0. The van der Waals surface area contributed by atoms with Crippen LogP contribution in [0.3, 0.4) is 0 Å². The number of fused-ring (bicyclic) bond motifs is 1. The quantitative estimate of drug-likeness (QED) is 0.785. The highest BCUT2D eigenvalue weighted by Crippen LogP contribution is 2.18. The number of rotatable bonds is 5. The van der Waals surface area contributed by atoms with E-state index in [2.05, 4.69) is 10.5 Å². The number of hydrogen-bond acceptors (Lipinski definition) is 3. The molecule has 1 amide bonds. The SMILES string of the molecule is O=C(Cc1noc2ccccc12)NCCc1cccc(Cl)c1. The molecule has 1 aromatic heterocycles. The topological polar surface area (TPSA) is 55.1 Å². The van der Waals surface area contributed by atoms with Crippen molar-refractivity contribution in [1.82, 2.24) is 10.5 Å². The molecule has 0 bridgehead atoms. The minimum atomic E-state index is -0.0684. The predicted octanol–water partition coefficient (Wildman–Crippen LogP) is 3.38. The number of benzene rings is 2. The second kappa shape index (κ2) is 6.62. The van der Waals surface area contributed by atoms with Crippen molar-refractivity contribution in [3.8, 4) is 0 Å². The Labute approximate surface area is 133 Å². The Morgan fingerprint density at radius 3 is 2.91 bits per heavy atom. The zero-order valence-electron chi connectivity index (χ0n) is 11.9. The van der Waals surface area contributed by atoms with E-state index in [0.717, 1.165) is 17.4 Å². The zero-order chi connectivity index (χ0) is 15.4. The molecule has 0 radical (unpaired) electrons. The number of halogens is 1. The van der Waals surface area contributed by atoms with Crippen molar-refractivity contribution in [2.24, 2.45) is 0 Å². The average molecular weight is 315 g/mol. The van der Waals surface area contributed by atoms with Crippen LogP contribution in [0, 0.1) is 0 Å². The van der Waals surface area contributed by atoms with Crippen molar-refractivity contribution in [3.05, 3.63) is 64.8 Å². The van der Waals surface area contributed by atoms with E-state index < -0.39 is 0 Å². The maximum atomic E-state index is 12.0. The maximum Gasteiger partial charge on any atom is 0.226 e. The second-order valence-corrected chi connectivity index (χ2v) is 5.47. The van der Waals surface area contributed by atoms with E-state index in [-0.39, 0.29) is 12.3 Å². The van der Waals surface area contributed by atoms with Gasteiger partial charge in [0.05, 0.1) is 6.42 Å². The lowest BCUT2D eigenvalue weighted by atomic mass is 10.1. The van der Waals surface area contributed by atoms with Crippen LogP contribution in [0.5, 0.6) is 0 Å². The number of aromatic nitrogens is 1. The van der Waals surface area contributed by atoms with Gasteiger partial charge in [0, 0.05) is 17.0 Å². The van der Waals surface area contributed by atoms with Gasteiger partial charge in [0.1, 0.15) is 5.69 Å². The van der Waals surface area contributed by atoms with E-state index in [0.29, 0.717) is 22.8 Å². The molecule has 3 aromatic rings. The summed E-state index contributed by atoms with van der Waals surface area (Å²) in [6.07, 6.45) is 0.957. The zero-order valence-corrected chi connectivity index (χ0v) is 12.6. The molecule has 112 valence electrons. The van der Waals surface area contributed by atoms with Crippen LogP contribution in [0.25, 0.3) is 11.0 Å². The van der Waals surface area contributed by atoms with E-state index >= 15 is 0 Å². The van der Waals surface area contributed by atoms with Crippen LogP contribution in [0.15, 0.2) is 53.1 Å². The summed E-state index contributed by atoms with van der Waals surface area (Å²) in [5, 5.41) is 8.44. The van der Waals surface area contributed by atoms with Crippen LogP contribution in [-0.2, 0) is 17.6 Å². The minimum absolute atomic E-state index is 0.0684. The Balaban J connectivity index is 1.54. The van der Waals surface area contributed by atoms with Crippen molar-refractivity contribution in [2.75, 3.05) is 6.54 Å². The molecule has 1 heterocycles. The Bertz CT molecular complexity index is 798. The molecular formula is C17H15ClN2O2. The molecule has 0 unspecified atom stereocenters. The van der Waals surface area contributed by atoms with Gasteiger partial charge in [-0.15, -0.1) is 0 Å².